The highest BCUT2D eigenvalue weighted by Gasteiger charge is 2.26. The quantitative estimate of drug-likeness (QED) is 0.729. The number of nitrogens with one attached hydrogen (secondary N) is 2. The number of benzene rings is 1. The zero-order valence-electron chi connectivity index (χ0n) is 14.9. The highest BCUT2D eigenvalue weighted by Crippen LogP contribution is 2.19. The zero-order chi connectivity index (χ0) is 17.5. The molecule has 0 aliphatic heterocycles. The third-order valence-electron chi connectivity index (χ3n) is 4.47. The minimum atomic E-state index is -0.349. The summed E-state index contributed by atoms with van der Waals surface area (Å²) in [5.41, 5.74) is 1.12. The molecule has 0 heterocycles. The van der Waals surface area contributed by atoms with Crippen molar-refractivity contribution >= 4 is 11.8 Å². The predicted octanol–water partition coefficient (Wildman–Crippen LogP) is 2.24. The smallest absolute Gasteiger partial charge is 0.237 e. The molecule has 2 N–H and O–H groups in total. The molecule has 5 heteroatoms. The maximum Gasteiger partial charge on any atom is 0.237 e. The van der Waals surface area contributed by atoms with E-state index < -0.39 is 0 Å². The Morgan fingerprint density at radius 2 is 1.92 bits per heavy atom. The summed E-state index contributed by atoms with van der Waals surface area (Å²) in [7, 11) is 1.81. The maximum absolute atomic E-state index is 12.6. The van der Waals surface area contributed by atoms with Crippen LogP contribution < -0.4 is 10.6 Å². The van der Waals surface area contributed by atoms with E-state index in [0.717, 1.165) is 31.2 Å². The standard InChI is InChI=1S/C19H29N3O2/c1-4-8-17(15-9-6-5-7-10-15)21-19(24)14(2)22(3)13-18(23)20-16-11-12-16/h5-7,9-10,14,16-17H,4,8,11-13H2,1-3H3,(H,20,23)(H,21,24)/t14-,17+/m0/s1. The average molecular weight is 331 g/mol. The molecule has 0 saturated heterocycles. The Kier molecular flexibility index (Phi) is 6.79. The molecule has 1 aliphatic rings. The maximum atomic E-state index is 12.6. The van der Waals surface area contributed by atoms with Crippen molar-refractivity contribution in [3.05, 3.63) is 35.9 Å². The number of rotatable bonds is 9. The Bertz CT molecular complexity index is 543. The third-order valence-corrected chi connectivity index (χ3v) is 4.47. The van der Waals surface area contributed by atoms with E-state index in [4.69, 9.17) is 0 Å². The second-order valence-corrected chi connectivity index (χ2v) is 6.69. The summed E-state index contributed by atoms with van der Waals surface area (Å²) >= 11 is 0. The van der Waals surface area contributed by atoms with Crippen LogP contribution in [0, 0.1) is 0 Å². The topological polar surface area (TPSA) is 61.4 Å². The van der Waals surface area contributed by atoms with E-state index in [9.17, 15) is 9.59 Å². The molecule has 24 heavy (non-hydrogen) atoms. The van der Waals surface area contributed by atoms with Crippen LogP contribution in [0.25, 0.3) is 0 Å². The second-order valence-electron chi connectivity index (χ2n) is 6.69. The highest BCUT2D eigenvalue weighted by atomic mass is 16.2. The van der Waals surface area contributed by atoms with Crippen LogP contribution in [0.5, 0.6) is 0 Å². The van der Waals surface area contributed by atoms with Crippen molar-refractivity contribution in [1.82, 2.24) is 15.5 Å². The molecule has 0 unspecified atom stereocenters. The molecule has 1 aliphatic carbocycles. The SMILES string of the molecule is CCC[C@@H](NC(=O)[C@H](C)N(C)CC(=O)NC1CC1)c1ccccc1. The summed E-state index contributed by atoms with van der Waals surface area (Å²) in [5, 5.41) is 6.08. The van der Waals surface area contributed by atoms with Gasteiger partial charge in [0.15, 0.2) is 0 Å². The highest BCUT2D eigenvalue weighted by molar-refractivity contribution is 5.83. The van der Waals surface area contributed by atoms with E-state index in [-0.39, 0.29) is 30.4 Å². The van der Waals surface area contributed by atoms with Gasteiger partial charge in [-0.05, 0) is 38.8 Å². The predicted molar refractivity (Wildman–Crippen MR) is 95.5 cm³/mol. The summed E-state index contributed by atoms with van der Waals surface area (Å²) in [6.45, 7) is 4.20. The number of amides is 2. The van der Waals surface area contributed by atoms with Crippen LogP contribution in [0.3, 0.4) is 0 Å². The fourth-order valence-electron chi connectivity index (χ4n) is 2.65. The number of hydrogen-bond acceptors (Lipinski definition) is 3. The number of nitrogens with zero attached hydrogens (tertiary/aromatic N) is 1. The first-order chi connectivity index (χ1) is 11.5. The van der Waals surface area contributed by atoms with Gasteiger partial charge in [0, 0.05) is 6.04 Å². The largest absolute Gasteiger partial charge is 0.352 e. The van der Waals surface area contributed by atoms with Gasteiger partial charge >= 0.3 is 0 Å². The van der Waals surface area contributed by atoms with Gasteiger partial charge in [-0.2, -0.15) is 0 Å². The van der Waals surface area contributed by atoms with Crippen molar-refractivity contribution < 1.29 is 9.59 Å². The number of carbonyl (C=O) groups excluding carboxylic acids is 2. The molecule has 5 nitrogen and oxygen atoms in total. The van der Waals surface area contributed by atoms with Crippen LogP contribution in [0.4, 0.5) is 0 Å². The fraction of sp³-hybridized carbons (Fsp3) is 0.579. The van der Waals surface area contributed by atoms with Gasteiger partial charge < -0.3 is 10.6 Å². The first-order valence-electron chi connectivity index (χ1n) is 8.86. The first kappa shape index (κ1) is 18.5. The minimum absolute atomic E-state index is 0.00665. The Morgan fingerprint density at radius 3 is 2.50 bits per heavy atom. The van der Waals surface area contributed by atoms with Crippen molar-refractivity contribution in [2.45, 2.75) is 57.7 Å². The summed E-state index contributed by atoms with van der Waals surface area (Å²) < 4.78 is 0. The Balaban J connectivity index is 1.88. The van der Waals surface area contributed by atoms with Crippen LogP contribution in [-0.4, -0.2) is 42.4 Å². The molecule has 0 bridgehead atoms. The molecule has 0 radical (unpaired) electrons. The Hall–Kier alpha value is -1.88. The van der Waals surface area contributed by atoms with Gasteiger partial charge in [0.1, 0.15) is 0 Å². The lowest BCUT2D eigenvalue weighted by atomic mass is 10.0. The molecule has 2 atom stereocenters. The minimum Gasteiger partial charge on any atom is -0.352 e. The Labute approximate surface area is 144 Å². The van der Waals surface area contributed by atoms with Crippen molar-refractivity contribution in [2.75, 3.05) is 13.6 Å². The molecule has 2 rings (SSSR count). The van der Waals surface area contributed by atoms with Crippen LogP contribution in [0.2, 0.25) is 0 Å². The van der Waals surface area contributed by atoms with Gasteiger partial charge in [-0.15, -0.1) is 0 Å². The van der Waals surface area contributed by atoms with Crippen molar-refractivity contribution in [1.29, 1.82) is 0 Å². The van der Waals surface area contributed by atoms with E-state index in [2.05, 4.69) is 17.6 Å². The van der Waals surface area contributed by atoms with Crippen molar-refractivity contribution in [3.8, 4) is 0 Å². The van der Waals surface area contributed by atoms with Gasteiger partial charge in [-0.25, -0.2) is 0 Å². The normalized spacial score (nSPS) is 16.5. The third kappa shape index (κ3) is 5.64. The molecule has 0 spiro atoms. The van der Waals surface area contributed by atoms with Gasteiger partial charge in [-0.1, -0.05) is 43.7 Å². The van der Waals surface area contributed by atoms with E-state index >= 15 is 0 Å². The summed E-state index contributed by atoms with van der Waals surface area (Å²) in [6.07, 6.45) is 4.03. The molecule has 0 aromatic heterocycles. The van der Waals surface area contributed by atoms with Crippen LogP contribution in [0.1, 0.15) is 51.1 Å². The summed E-state index contributed by atoms with van der Waals surface area (Å²) in [6, 6.07) is 10.0. The lowest BCUT2D eigenvalue weighted by Gasteiger charge is -2.26. The lowest BCUT2D eigenvalue weighted by Crippen LogP contribution is -2.48. The molecule has 2 amide bonds. The average Bonchev–Trinajstić information content (AvgIpc) is 3.38. The van der Waals surface area contributed by atoms with Crippen LogP contribution in [-0.2, 0) is 9.59 Å². The van der Waals surface area contributed by atoms with E-state index in [1.165, 1.54) is 0 Å². The molecule has 1 aromatic rings. The Morgan fingerprint density at radius 1 is 1.25 bits per heavy atom. The summed E-state index contributed by atoms with van der Waals surface area (Å²) in [4.78, 5) is 26.3. The monoisotopic (exact) mass is 331 g/mol. The van der Waals surface area contributed by atoms with Gasteiger partial charge in [0.2, 0.25) is 11.8 Å². The summed E-state index contributed by atoms with van der Waals surface area (Å²) in [5.74, 6) is -0.0492. The molecular weight excluding hydrogens is 302 g/mol. The van der Waals surface area contributed by atoms with Crippen LogP contribution >= 0.6 is 0 Å². The lowest BCUT2D eigenvalue weighted by molar-refractivity contribution is -0.128. The van der Waals surface area contributed by atoms with E-state index in [1.54, 1.807) is 4.90 Å². The van der Waals surface area contributed by atoms with E-state index in [0.29, 0.717) is 6.04 Å². The van der Waals surface area contributed by atoms with Gasteiger partial charge in [-0.3, -0.25) is 14.5 Å². The molecule has 1 aromatic carbocycles. The molecule has 1 saturated carbocycles. The number of likely N-dealkylation sites (N-methyl/N-ethyl adjacent to an activating group) is 1. The number of carbonyl (C=O) groups is 2. The van der Waals surface area contributed by atoms with Gasteiger partial charge in [0.05, 0.1) is 18.6 Å². The first-order valence-corrected chi connectivity index (χ1v) is 8.86. The molecular formula is C19H29N3O2. The number of hydrogen-bond donors (Lipinski definition) is 2. The second kappa shape index (κ2) is 8.83. The molecule has 1 fully saturated rings. The van der Waals surface area contributed by atoms with Gasteiger partial charge in [0.25, 0.3) is 0 Å². The molecule has 132 valence electrons. The van der Waals surface area contributed by atoms with Crippen LogP contribution in [0.15, 0.2) is 30.3 Å². The van der Waals surface area contributed by atoms with Crippen molar-refractivity contribution in [2.24, 2.45) is 0 Å². The van der Waals surface area contributed by atoms with Crippen molar-refractivity contribution in [3.63, 3.8) is 0 Å². The van der Waals surface area contributed by atoms with E-state index in [1.807, 2.05) is 44.3 Å². The zero-order valence-corrected chi connectivity index (χ0v) is 14.9. The fourth-order valence-corrected chi connectivity index (χ4v) is 2.65.